The summed E-state index contributed by atoms with van der Waals surface area (Å²) in [6, 6.07) is 7.23. The number of hydrogen-bond donors (Lipinski definition) is 1. The Labute approximate surface area is 105 Å². The van der Waals surface area contributed by atoms with Crippen LogP contribution in [0.1, 0.15) is 43.7 Å². The van der Waals surface area contributed by atoms with Crippen molar-refractivity contribution in [1.29, 1.82) is 0 Å². The largest absolute Gasteiger partial charge is 0.399 e. The second kappa shape index (κ2) is 5.54. The monoisotopic (exact) mass is 232 g/mol. The molecule has 0 spiro atoms. The van der Waals surface area contributed by atoms with Crippen molar-refractivity contribution in [2.24, 2.45) is 0 Å². The molecule has 0 unspecified atom stereocenters. The molecule has 2 heteroatoms. The van der Waals surface area contributed by atoms with Gasteiger partial charge in [-0.1, -0.05) is 31.9 Å². The molecule has 0 aliphatic heterocycles. The third kappa shape index (κ3) is 3.01. The molecule has 1 aromatic carbocycles. The van der Waals surface area contributed by atoms with E-state index in [0.717, 1.165) is 24.8 Å². The third-order valence-corrected chi connectivity index (χ3v) is 3.97. The maximum Gasteiger partial charge on any atom is 0.0343 e. The van der Waals surface area contributed by atoms with Gasteiger partial charge in [0.15, 0.2) is 0 Å². The minimum atomic E-state index is 0.804. The molecule has 0 aromatic heterocycles. The SMILES string of the molecule is CCN(Cc1ccc(N)c(C)c1)C1CCCC1. The predicted molar refractivity (Wildman–Crippen MR) is 73.9 cm³/mol. The maximum atomic E-state index is 5.86. The van der Waals surface area contributed by atoms with Gasteiger partial charge in [0.2, 0.25) is 0 Å². The number of hydrogen-bond acceptors (Lipinski definition) is 2. The van der Waals surface area contributed by atoms with E-state index < -0.39 is 0 Å². The van der Waals surface area contributed by atoms with Gasteiger partial charge in [0.05, 0.1) is 0 Å². The van der Waals surface area contributed by atoms with Gasteiger partial charge in [0.1, 0.15) is 0 Å². The van der Waals surface area contributed by atoms with Crippen LogP contribution in [0.5, 0.6) is 0 Å². The average Bonchev–Trinajstić information content (AvgIpc) is 2.84. The first-order valence-electron chi connectivity index (χ1n) is 6.79. The van der Waals surface area contributed by atoms with Crippen LogP contribution in [0.3, 0.4) is 0 Å². The zero-order chi connectivity index (χ0) is 12.3. The lowest BCUT2D eigenvalue weighted by Crippen LogP contribution is -2.32. The molecular formula is C15H24N2. The van der Waals surface area contributed by atoms with E-state index in [-0.39, 0.29) is 0 Å². The van der Waals surface area contributed by atoms with Gasteiger partial charge in [-0.2, -0.15) is 0 Å². The molecule has 17 heavy (non-hydrogen) atoms. The fourth-order valence-corrected chi connectivity index (χ4v) is 2.84. The molecule has 0 bridgehead atoms. The second-order valence-electron chi connectivity index (χ2n) is 5.19. The molecule has 1 saturated carbocycles. The van der Waals surface area contributed by atoms with E-state index in [1.807, 2.05) is 6.07 Å². The number of nitrogens with zero attached hydrogens (tertiary/aromatic N) is 1. The van der Waals surface area contributed by atoms with Gasteiger partial charge in [-0.05, 0) is 43.5 Å². The van der Waals surface area contributed by atoms with Crippen molar-refractivity contribution >= 4 is 5.69 Å². The molecule has 2 nitrogen and oxygen atoms in total. The molecule has 0 saturated heterocycles. The molecule has 0 radical (unpaired) electrons. The first-order chi connectivity index (χ1) is 8.20. The number of aryl methyl sites for hydroxylation is 1. The van der Waals surface area contributed by atoms with E-state index in [0.29, 0.717) is 0 Å². The normalized spacial score (nSPS) is 16.9. The van der Waals surface area contributed by atoms with Crippen LogP contribution >= 0.6 is 0 Å². The van der Waals surface area contributed by atoms with E-state index in [1.54, 1.807) is 0 Å². The smallest absolute Gasteiger partial charge is 0.0343 e. The topological polar surface area (TPSA) is 29.3 Å². The molecular weight excluding hydrogens is 208 g/mol. The van der Waals surface area contributed by atoms with Crippen molar-refractivity contribution in [3.05, 3.63) is 29.3 Å². The molecule has 1 aromatic rings. The van der Waals surface area contributed by atoms with Crippen molar-refractivity contribution < 1.29 is 0 Å². The Kier molecular flexibility index (Phi) is 4.06. The summed E-state index contributed by atoms with van der Waals surface area (Å²) in [5, 5.41) is 0. The van der Waals surface area contributed by atoms with Crippen molar-refractivity contribution in [1.82, 2.24) is 4.90 Å². The molecule has 1 fully saturated rings. The molecule has 0 amide bonds. The number of nitrogen functional groups attached to an aromatic ring is 1. The Morgan fingerprint density at radius 3 is 2.59 bits per heavy atom. The first-order valence-corrected chi connectivity index (χ1v) is 6.79. The Balaban J connectivity index is 2.04. The molecule has 1 aliphatic carbocycles. The highest BCUT2D eigenvalue weighted by atomic mass is 15.1. The number of anilines is 1. The van der Waals surface area contributed by atoms with E-state index in [2.05, 4.69) is 30.9 Å². The molecule has 1 aliphatic rings. The lowest BCUT2D eigenvalue weighted by atomic mass is 10.1. The predicted octanol–water partition coefficient (Wildman–Crippen LogP) is 3.34. The quantitative estimate of drug-likeness (QED) is 0.807. The van der Waals surface area contributed by atoms with Crippen molar-refractivity contribution in [2.45, 2.75) is 52.1 Å². The van der Waals surface area contributed by atoms with Gasteiger partial charge in [-0.3, -0.25) is 4.90 Å². The van der Waals surface area contributed by atoms with Crippen LogP contribution in [0, 0.1) is 6.92 Å². The lowest BCUT2D eigenvalue weighted by Gasteiger charge is -2.27. The Hall–Kier alpha value is -1.02. The Bertz CT molecular complexity index is 367. The van der Waals surface area contributed by atoms with Crippen molar-refractivity contribution in [3.8, 4) is 0 Å². The van der Waals surface area contributed by atoms with Crippen molar-refractivity contribution in [3.63, 3.8) is 0 Å². The van der Waals surface area contributed by atoms with Crippen LogP contribution in [0.15, 0.2) is 18.2 Å². The van der Waals surface area contributed by atoms with Crippen LogP contribution < -0.4 is 5.73 Å². The minimum absolute atomic E-state index is 0.804. The summed E-state index contributed by atoms with van der Waals surface area (Å²) >= 11 is 0. The number of nitrogens with two attached hydrogens (primary N) is 1. The zero-order valence-corrected chi connectivity index (χ0v) is 11.1. The highest BCUT2D eigenvalue weighted by Crippen LogP contribution is 2.25. The van der Waals surface area contributed by atoms with Gasteiger partial charge in [-0.15, -0.1) is 0 Å². The highest BCUT2D eigenvalue weighted by molar-refractivity contribution is 5.47. The average molecular weight is 232 g/mol. The molecule has 2 rings (SSSR count). The van der Waals surface area contributed by atoms with Crippen LogP contribution in [0.25, 0.3) is 0 Å². The first kappa shape index (κ1) is 12.4. The molecule has 0 atom stereocenters. The van der Waals surface area contributed by atoms with E-state index in [1.165, 1.54) is 36.8 Å². The summed E-state index contributed by atoms with van der Waals surface area (Å²) < 4.78 is 0. The fraction of sp³-hybridized carbons (Fsp3) is 0.600. The summed E-state index contributed by atoms with van der Waals surface area (Å²) in [4.78, 5) is 2.61. The minimum Gasteiger partial charge on any atom is -0.399 e. The number of rotatable bonds is 4. The van der Waals surface area contributed by atoms with Crippen LogP contribution in [-0.2, 0) is 6.54 Å². The Morgan fingerprint density at radius 2 is 2.00 bits per heavy atom. The van der Waals surface area contributed by atoms with Gasteiger partial charge in [-0.25, -0.2) is 0 Å². The fourth-order valence-electron chi connectivity index (χ4n) is 2.84. The molecule has 0 heterocycles. The van der Waals surface area contributed by atoms with Crippen LogP contribution in [0.2, 0.25) is 0 Å². The summed E-state index contributed by atoms with van der Waals surface area (Å²) in [5.41, 5.74) is 9.35. The third-order valence-electron chi connectivity index (χ3n) is 3.97. The lowest BCUT2D eigenvalue weighted by molar-refractivity contribution is 0.200. The van der Waals surface area contributed by atoms with Gasteiger partial charge in [0.25, 0.3) is 0 Å². The standard InChI is InChI=1S/C15H24N2/c1-3-17(14-6-4-5-7-14)11-13-8-9-15(16)12(2)10-13/h8-10,14H,3-7,11,16H2,1-2H3. The van der Waals surface area contributed by atoms with E-state index in [4.69, 9.17) is 5.73 Å². The van der Waals surface area contributed by atoms with Gasteiger partial charge in [0, 0.05) is 18.3 Å². The van der Waals surface area contributed by atoms with E-state index in [9.17, 15) is 0 Å². The maximum absolute atomic E-state index is 5.86. The summed E-state index contributed by atoms with van der Waals surface area (Å²) in [7, 11) is 0. The number of benzene rings is 1. The summed E-state index contributed by atoms with van der Waals surface area (Å²) in [5.74, 6) is 0. The van der Waals surface area contributed by atoms with Crippen LogP contribution in [-0.4, -0.2) is 17.5 Å². The molecule has 2 N–H and O–H groups in total. The van der Waals surface area contributed by atoms with Gasteiger partial charge < -0.3 is 5.73 Å². The summed E-state index contributed by atoms with van der Waals surface area (Å²) in [6.45, 7) is 6.57. The van der Waals surface area contributed by atoms with E-state index >= 15 is 0 Å². The molecule has 94 valence electrons. The summed E-state index contributed by atoms with van der Waals surface area (Å²) in [6.07, 6.45) is 5.56. The highest BCUT2D eigenvalue weighted by Gasteiger charge is 2.21. The zero-order valence-electron chi connectivity index (χ0n) is 11.1. The van der Waals surface area contributed by atoms with Crippen molar-refractivity contribution in [2.75, 3.05) is 12.3 Å². The van der Waals surface area contributed by atoms with Crippen LogP contribution in [0.4, 0.5) is 5.69 Å². The van der Waals surface area contributed by atoms with Gasteiger partial charge >= 0.3 is 0 Å². The second-order valence-corrected chi connectivity index (χ2v) is 5.19. The Morgan fingerprint density at radius 1 is 1.29 bits per heavy atom.